The lowest BCUT2D eigenvalue weighted by molar-refractivity contribution is 0.158. The van der Waals surface area contributed by atoms with Gasteiger partial charge in [-0.3, -0.25) is 4.57 Å². The quantitative estimate of drug-likeness (QED) is 0.565. The van der Waals surface area contributed by atoms with E-state index in [-0.39, 0.29) is 5.54 Å². The fourth-order valence-corrected chi connectivity index (χ4v) is 6.76. The van der Waals surface area contributed by atoms with Gasteiger partial charge in [0, 0.05) is 31.3 Å². The van der Waals surface area contributed by atoms with Crippen molar-refractivity contribution in [2.24, 2.45) is 0 Å². The van der Waals surface area contributed by atoms with E-state index in [0.717, 1.165) is 26.0 Å². The van der Waals surface area contributed by atoms with Crippen LogP contribution in [0, 0.1) is 0 Å². The third kappa shape index (κ3) is 3.23. The van der Waals surface area contributed by atoms with Crippen LogP contribution in [-0.4, -0.2) is 39.1 Å². The van der Waals surface area contributed by atoms with Crippen molar-refractivity contribution in [3.8, 4) is 0 Å². The van der Waals surface area contributed by atoms with Crippen LogP contribution < -0.4 is 0 Å². The highest BCUT2D eigenvalue weighted by Gasteiger charge is 2.56. The zero-order valence-corrected chi connectivity index (χ0v) is 13.8. The summed E-state index contributed by atoms with van der Waals surface area (Å²) in [7, 11) is -0.403. The summed E-state index contributed by atoms with van der Waals surface area (Å²) in [6.45, 7) is 12.9. The predicted octanol–water partition coefficient (Wildman–Crippen LogP) is 3.45. The average Bonchev–Trinajstić information content (AvgIpc) is 2.74. The van der Waals surface area contributed by atoms with E-state index in [1.807, 2.05) is 7.11 Å². The molecule has 1 aliphatic heterocycles. The maximum absolute atomic E-state index is 6.14. The first-order valence-electron chi connectivity index (χ1n) is 6.96. The van der Waals surface area contributed by atoms with E-state index in [2.05, 4.69) is 51.3 Å². The standard InChI is InChI=1S/C14H29NO2Si/c1-7-8-9-10-13(2)18(16-6)15(11-12-17-18)14(3,4)5/h7-8,13H,9-12H2,1-6H3. The topological polar surface area (TPSA) is 21.7 Å². The molecule has 1 rings (SSSR count). The van der Waals surface area contributed by atoms with E-state index in [1.54, 1.807) is 0 Å². The normalized spacial score (nSPS) is 28.1. The second kappa shape index (κ2) is 6.33. The fourth-order valence-electron chi connectivity index (χ4n) is 2.79. The molecule has 0 aromatic rings. The van der Waals surface area contributed by atoms with Gasteiger partial charge < -0.3 is 8.85 Å². The van der Waals surface area contributed by atoms with Gasteiger partial charge in [-0.15, -0.1) is 0 Å². The maximum atomic E-state index is 6.14. The lowest BCUT2D eigenvalue weighted by Gasteiger charge is -2.43. The molecule has 1 aliphatic rings. The van der Waals surface area contributed by atoms with Crippen molar-refractivity contribution < 1.29 is 8.85 Å². The number of hydrogen-bond acceptors (Lipinski definition) is 3. The van der Waals surface area contributed by atoms with Crippen molar-refractivity contribution in [2.45, 2.75) is 58.5 Å². The summed E-state index contributed by atoms with van der Waals surface area (Å²) < 4.78 is 14.6. The van der Waals surface area contributed by atoms with Crippen LogP contribution in [0.15, 0.2) is 12.2 Å². The smallest absolute Gasteiger partial charge is 0.386 e. The van der Waals surface area contributed by atoms with Gasteiger partial charge in [-0.25, -0.2) is 0 Å². The molecule has 0 spiro atoms. The predicted molar refractivity (Wildman–Crippen MR) is 78.6 cm³/mol. The number of allylic oxidation sites excluding steroid dienone is 2. The molecule has 0 bridgehead atoms. The fraction of sp³-hybridized carbons (Fsp3) is 0.857. The maximum Gasteiger partial charge on any atom is 0.431 e. The van der Waals surface area contributed by atoms with E-state index < -0.39 is 8.72 Å². The van der Waals surface area contributed by atoms with Crippen LogP contribution in [0.5, 0.6) is 0 Å². The Labute approximate surface area is 113 Å². The molecule has 106 valence electrons. The largest absolute Gasteiger partial charge is 0.431 e. The first kappa shape index (κ1) is 15.9. The van der Waals surface area contributed by atoms with Gasteiger partial charge in [-0.2, -0.15) is 0 Å². The molecule has 0 aromatic heterocycles. The minimum Gasteiger partial charge on any atom is -0.386 e. The highest BCUT2D eigenvalue weighted by molar-refractivity contribution is 6.66. The Morgan fingerprint density at radius 2 is 2.11 bits per heavy atom. The lowest BCUT2D eigenvalue weighted by atomic mass is 10.1. The van der Waals surface area contributed by atoms with Crippen LogP contribution >= 0.6 is 0 Å². The molecule has 0 amide bonds. The van der Waals surface area contributed by atoms with Gasteiger partial charge in [0.05, 0.1) is 0 Å². The molecule has 2 atom stereocenters. The van der Waals surface area contributed by atoms with Crippen molar-refractivity contribution in [3.63, 3.8) is 0 Å². The SMILES string of the molecule is CC=CCCC(C)[Si]1(OC)OCCN1C(C)(C)C. The lowest BCUT2D eigenvalue weighted by Crippen LogP contribution is -2.62. The molecule has 0 aliphatic carbocycles. The first-order valence-corrected chi connectivity index (χ1v) is 8.80. The van der Waals surface area contributed by atoms with Gasteiger partial charge in [-0.1, -0.05) is 19.1 Å². The van der Waals surface area contributed by atoms with E-state index in [9.17, 15) is 0 Å². The summed E-state index contributed by atoms with van der Waals surface area (Å²) >= 11 is 0. The Hall–Kier alpha value is -0.163. The van der Waals surface area contributed by atoms with Crippen LogP contribution in [0.2, 0.25) is 5.54 Å². The zero-order valence-electron chi connectivity index (χ0n) is 12.8. The Morgan fingerprint density at radius 1 is 1.44 bits per heavy atom. The molecule has 4 heteroatoms. The third-order valence-electron chi connectivity index (χ3n) is 3.73. The van der Waals surface area contributed by atoms with Crippen LogP contribution in [0.1, 0.15) is 47.5 Å². The van der Waals surface area contributed by atoms with Crippen LogP contribution in [-0.2, 0) is 8.85 Å². The Kier molecular flexibility index (Phi) is 5.59. The molecule has 0 N–H and O–H groups in total. The van der Waals surface area contributed by atoms with Crippen molar-refractivity contribution in [1.82, 2.24) is 4.57 Å². The van der Waals surface area contributed by atoms with Gasteiger partial charge in [-0.05, 0) is 40.5 Å². The summed E-state index contributed by atoms with van der Waals surface area (Å²) in [4.78, 5) is 0. The van der Waals surface area contributed by atoms with Crippen LogP contribution in [0.25, 0.3) is 0 Å². The summed E-state index contributed by atoms with van der Waals surface area (Å²) in [5, 5.41) is 0. The van der Waals surface area contributed by atoms with Gasteiger partial charge in [0.15, 0.2) is 0 Å². The van der Waals surface area contributed by atoms with Gasteiger partial charge >= 0.3 is 8.72 Å². The molecule has 1 heterocycles. The second-order valence-electron chi connectivity index (χ2n) is 6.05. The molecular weight excluding hydrogens is 242 g/mol. The highest BCUT2D eigenvalue weighted by atomic mass is 28.4. The highest BCUT2D eigenvalue weighted by Crippen LogP contribution is 2.38. The summed E-state index contributed by atoms with van der Waals surface area (Å²) in [5.41, 5.74) is 0.605. The molecule has 0 saturated carbocycles. The molecule has 18 heavy (non-hydrogen) atoms. The van der Waals surface area contributed by atoms with Crippen molar-refractivity contribution in [1.29, 1.82) is 0 Å². The van der Waals surface area contributed by atoms with Crippen LogP contribution in [0.3, 0.4) is 0 Å². The van der Waals surface area contributed by atoms with Crippen molar-refractivity contribution in [2.75, 3.05) is 20.3 Å². The minimum atomic E-state index is -2.23. The Balaban J connectivity index is 2.82. The van der Waals surface area contributed by atoms with Crippen LogP contribution in [0.4, 0.5) is 0 Å². The minimum absolute atomic E-state index is 0.119. The molecule has 1 saturated heterocycles. The number of rotatable bonds is 5. The molecule has 1 fully saturated rings. The van der Waals surface area contributed by atoms with Crippen molar-refractivity contribution >= 4 is 8.72 Å². The molecule has 0 aromatic carbocycles. The first-order chi connectivity index (χ1) is 8.38. The van der Waals surface area contributed by atoms with Crippen molar-refractivity contribution in [3.05, 3.63) is 12.2 Å². The monoisotopic (exact) mass is 271 g/mol. The molecular formula is C14H29NO2Si. The molecule has 3 nitrogen and oxygen atoms in total. The summed E-state index contributed by atoms with van der Waals surface area (Å²) in [5.74, 6) is 0. The van der Waals surface area contributed by atoms with Gasteiger partial charge in [0.2, 0.25) is 0 Å². The summed E-state index contributed by atoms with van der Waals surface area (Å²) in [6, 6.07) is 0. The number of hydrogen-bond donors (Lipinski definition) is 0. The molecule has 0 radical (unpaired) electrons. The number of nitrogens with zero attached hydrogens (tertiary/aromatic N) is 1. The van der Waals surface area contributed by atoms with E-state index in [0.29, 0.717) is 5.54 Å². The van der Waals surface area contributed by atoms with E-state index in [1.165, 1.54) is 0 Å². The Bertz CT molecular complexity index is 288. The van der Waals surface area contributed by atoms with Gasteiger partial charge in [0.1, 0.15) is 0 Å². The zero-order chi connectivity index (χ0) is 13.8. The average molecular weight is 271 g/mol. The van der Waals surface area contributed by atoms with E-state index in [4.69, 9.17) is 8.85 Å². The van der Waals surface area contributed by atoms with Gasteiger partial charge in [0.25, 0.3) is 0 Å². The molecule has 2 unspecified atom stereocenters. The van der Waals surface area contributed by atoms with E-state index >= 15 is 0 Å². The second-order valence-corrected chi connectivity index (χ2v) is 9.54. The Morgan fingerprint density at radius 3 is 2.61 bits per heavy atom. The summed E-state index contributed by atoms with van der Waals surface area (Å²) in [6.07, 6.45) is 6.59. The third-order valence-corrected chi connectivity index (χ3v) is 8.11.